The lowest BCUT2D eigenvalue weighted by Gasteiger charge is -2.45. The first-order chi connectivity index (χ1) is 17.7. The van der Waals surface area contributed by atoms with Crippen molar-refractivity contribution in [3.05, 3.63) is 65.9 Å². The number of aliphatic hydroxyl groups excluding tert-OH is 1. The average Bonchev–Trinajstić information content (AvgIpc) is 2.90. The predicted octanol–water partition coefficient (Wildman–Crippen LogP) is 4.09. The molecule has 1 aliphatic carbocycles. The molecule has 4 unspecified atom stereocenters. The van der Waals surface area contributed by atoms with Crippen LogP contribution in [0.2, 0.25) is 0 Å². The topological polar surface area (TPSA) is 131 Å². The summed E-state index contributed by atoms with van der Waals surface area (Å²) in [7, 11) is 1.41. The molecular formula is C27H30F2N4O4. The number of nitrogens with one attached hydrogen (secondary N) is 1. The predicted molar refractivity (Wildman–Crippen MR) is 135 cm³/mol. The molecular weight excluding hydrogens is 482 g/mol. The van der Waals surface area contributed by atoms with Crippen LogP contribution in [-0.2, 0) is 0 Å². The first-order valence-corrected chi connectivity index (χ1v) is 12.0. The van der Waals surface area contributed by atoms with Crippen molar-refractivity contribution in [1.82, 2.24) is 9.97 Å². The monoisotopic (exact) mass is 512 g/mol. The van der Waals surface area contributed by atoms with E-state index in [1.54, 1.807) is 18.3 Å². The Kier molecular flexibility index (Phi) is 7.70. The van der Waals surface area contributed by atoms with Gasteiger partial charge >= 0.3 is 0 Å². The molecule has 1 saturated carbocycles. The van der Waals surface area contributed by atoms with E-state index in [2.05, 4.69) is 15.3 Å². The first-order valence-electron chi connectivity index (χ1n) is 12.0. The van der Waals surface area contributed by atoms with Gasteiger partial charge in [0.1, 0.15) is 23.8 Å². The highest BCUT2D eigenvalue weighted by molar-refractivity contribution is 6.07. The van der Waals surface area contributed by atoms with Crippen molar-refractivity contribution in [3.63, 3.8) is 0 Å². The van der Waals surface area contributed by atoms with Crippen molar-refractivity contribution < 1.29 is 28.5 Å². The summed E-state index contributed by atoms with van der Waals surface area (Å²) in [6.07, 6.45) is 2.79. The average molecular weight is 513 g/mol. The molecule has 1 aliphatic rings. The molecule has 196 valence electrons. The maximum absolute atomic E-state index is 14.6. The van der Waals surface area contributed by atoms with Crippen molar-refractivity contribution in [1.29, 1.82) is 0 Å². The summed E-state index contributed by atoms with van der Waals surface area (Å²) < 4.78 is 33.5. The zero-order chi connectivity index (χ0) is 26.7. The van der Waals surface area contributed by atoms with E-state index in [0.717, 1.165) is 0 Å². The minimum absolute atomic E-state index is 0.0918. The summed E-state index contributed by atoms with van der Waals surface area (Å²) in [5.41, 5.74) is 5.57. The second kappa shape index (κ2) is 10.8. The minimum Gasteiger partial charge on any atom is -0.496 e. The molecule has 4 rings (SSSR count). The number of nitrogen functional groups attached to an aromatic ring is 1. The normalized spacial score (nSPS) is 23.5. The lowest BCUT2D eigenvalue weighted by molar-refractivity contribution is -0.151. The van der Waals surface area contributed by atoms with E-state index in [1.165, 1.54) is 37.6 Å². The molecule has 0 aliphatic heterocycles. The van der Waals surface area contributed by atoms with Crippen LogP contribution in [0.15, 0.2) is 48.8 Å². The number of alkyl halides is 1. The maximum Gasteiger partial charge on any atom is 0.276 e. The number of carbonyl (C=O) groups excluding carboxylic acids is 1. The zero-order valence-electron chi connectivity index (χ0n) is 20.6. The first kappa shape index (κ1) is 26.4. The van der Waals surface area contributed by atoms with Crippen LogP contribution in [0.3, 0.4) is 0 Å². The third kappa shape index (κ3) is 4.99. The highest BCUT2D eigenvalue weighted by atomic mass is 19.1. The number of benzene rings is 1. The van der Waals surface area contributed by atoms with E-state index < -0.39 is 36.0 Å². The Labute approximate surface area is 213 Å². The second-order valence-corrected chi connectivity index (χ2v) is 9.28. The molecule has 5 N–H and O–H groups in total. The third-order valence-corrected chi connectivity index (χ3v) is 7.20. The van der Waals surface area contributed by atoms with Crippen LogP contribution in [-0.4, -0.2) is 51.6 Å². The Bertz CT molecular complexity index is 1290. The van der Waals surface area contributed by atoms with E-state index >= 15 is 0 Å². The van der Waals surface area contributed by atoms with Gasteiger partial charge in [-0.15, -0.1) is 0 Å². The molecule has 10 heteroatoms. The highest BCUT2D eigenvalue weighted by Crippen LogP contribution is 2.45. The minimum atomic E-state index is -1.80. The number of hydrogen-bond acceptors (Lipinski definition) is 7. The van der Waals surface area contributed by atoms with Crippen molar-refractivity contribution in [2.24, 2.45) is 5.92 Å². The van der Waals surface area contributed by atoms with Gasteiger partial charge in [-0.25, -0.2) is 13.8 Å². The molecule has 0 bridgehead atoms. The van der Waals surface area contributed by atoms with Crippen molar-refractivity contribution >= 4 is 17.3 Å². The summed E-state index contributed by atoms with van der Waals surface area (Å²) in [5, 5.41) is 24.1. The van der Waals surface area contributed by atoms with Crippen LogP contribution in [0.4, 0.5) is 20.2 Å². The smallest absolute Gasteiger partial charge is 0.276 e. The number of carbonyl (C=O) groups is 1. The van der Waals surface area contributed by atoms with Crippen LogP contribution in [0.1, 0.15) is 48.2 Å². The molecule has 2 aromatic heterocycles. The van der Waals surface area contributed by atoms with E-state index in [0.29, 0.717) is 24.1 Å². The van der Waals surface area contributed by atoms with Gasteiger partial charge < -0.3 is 26.0 Å². The van der Waals surface area contributed by atoms with Crippen molar-refractivity contribution in [3.8, 4) is 17.0 Å². The number of amides is 1. The third-order valence-electron chi connectivity index (χ3n) is 7.20. The van der Waals surface area contributed by atoms with Crippen LogP contribution in [0, 0.1) is 11.7 Å². The van der Waals surface area contributed by atoms with Gasteiger partial charge in [0.05, 0.1) is 42.0 Å². The Morgan fingerprint density at radius 2 is 2.05 bits per heavy atom. The Balaban J connectivity index is 1.64. The fraction of sp³-hybridized carbons (Fsp3) is 0.370. The van der Waals surface area contributed by atoms with Crippen molar-refractivity contribution in [2.45, 2.75) is 43.8 Å². The van der Waals surface area contributed by atoms with Gasteiger partial charge in [-0.05, 0) is 60.6 Å². The zero-order valence-corrected chi connectivity index (χ0v) is 20.6. The number of pyridine rings is 2. The summed E-state index contributed by atoms with van der Waals surface area (Å²) in [6, 6.07) is 9.05. The number of aliphatic hydroxyl groups is 2. The van der Waals surface area contributed by atoms with E-state index in [9.17, 15) is 23.8 Å². The number of hydrogen-bond donors (Lipinski definition) is 4. The lowest BCUT2D eigenvalue weighted by Crippen LogP contribution is -2.54. The molecule has 0 radical (unpaired) electrons. The quantitative estimate of drug-likeness (QED) is 0.375. The van der Waals surface area contributed by atoms with Gasteiger partial charge in [0.15, 0.2) is 5.69 Å². The van der Waals surface area contributed by atoms with E-state index in [4.69, 9.17) is 10.5 Å². The highest BCUT2D eigenvalue weighted by Gasteiger charge is 2.48. The molecule has 37 heavy (non-hydrogen) atoms. The fourth-order valence-electron chi connectivity index (χ4n) is 5.12. The molecule has 0 saturated heterocycles. The van der Waals surface area contributed by atoms with E-state index in [1.807, 2.05) is 6.92 Å². The van der Waals surface area contributed by atoms with Gasteiger partial charge in [0.2, 0.25) is 0 Å². The fourth-order valence-corrected chi connectivity index (χ4v) is 5.12. The summed E-state index contributed by atoms with van der Waals surface area (Å²) in [4.78, 5) is 21.7. The lowest BCUT2D eigenvalue weighted by atomic mass is 9.67. The molecule has 8 nitrogen and oxygen atoms in total. The molecule has 2 heterocycles. The number of rotatable bonds is 7. The van der Waals surface area contributed by atoms with Gasteiger partial charge in [0, 0.05) is 6.20 Å². The number of methoxy groups -OCH3 is 1. The van der Waals surface area contributed by atoms with Crippen molar-refractivity contribution in [2.75, 3.05) is 24.8 Å². The van der Waals surface area contributed by atoms with Crippen LogP contribution >= 0.6 is 0 Å². The SMILES string of the molecule is CCC1CC(c2ccncc2NC(=O)c2nc(-c3c(F)cccc3OC)ccc2N)CC(O)C1(O)CF. The number of nitrogens with two attached hydrogens (primary N) is 1. The Morgan fingerprint density at radius 3 is 2.76 bits per heavy atom. The largest absolute Gasteiger partial charge is 0.496 e. The van der Waals surface area contributed by atoms with Crippen LogP contribution in [0.25, 0.3) is 11.3 Å². The second-order valence-electron chi connectivity index (χ2n) is 9.28. The molecule has 1 aromatic carbocycles. The van der Waals surface area contributed by atoms with E-state index in [-0.39, 0.29) is 40.7 Å². The van der Waals surface area contributed by atoms with Gasteiger partial charge in [0.25, 0.3) is 5.91 Å². The number of ether oxygens (including phenoxy) is 1. The molecule has 1 fully saturated rings. The standard InChI is InChI=1S/C27H30F2N4O4/c1-3-16-11-15(12-23(34)27(16,36)14-28)17-9-10-31-13-21(17)33-26(35)25-19(30)7-8-20(32-25)24-18(29)5-4-6-22(24)37-2/h4-10,13,15-16,23,34,36H,3,11-12,14,30H2,1-2H3,(H,33,35). The summed E-state index contributed by atoms with van der Waals surface area (Å²) in [6.45, 7) is 0.801. The molecule has 0 spiro atoms. The van der Waals surface area contributed by atoms with Crippen LogP contribution in [0.5, 0.6) is 5.75 Å². The molecule has 4 atom stereocenters. The number of halogens is 2. The summed E-state index contributed by atoms with van der Waals surface area (Å²) >= 11 is 0. The van der Waals surface area contributed by atoms with Gasteiger partial charge in [-0.2, -0.15) is 0 Å². The van der Waals surface area contributed by atoms with Crippen LogP contribution < -0.4 is 15.8 Å². The Morgan fingerprint density at radius 1 is 1.27 bits per heavy atom. The van der Waals surface area contributed by atoms with Gasteiger partial charge in [-0.1, -0.05) is 19.4 Å². The number of aromatic nitrogens is 2. The molecule has 1 amide bonds. The maximum atomic E-state index is 14.6. The Hall–Kier alpha value is -3.63. The molecule has 3 aromatic rings. The summed E-state index contributed by atoms with van der Waals surface area (Å²) in [5.74, 6) is -1.66. The van der Waals surface area contributed by atoms with Gasteiger partial charge in [-0.3, -0.25) is 9.78 Å². The number of nitrogens with zero attached hydrogens (tertiary/aromatic N) is 2. The number of anilines is 2.